The average molecular weight is 407 g/mol. The van der Waals surface area contributed by atoms with Gasteiger partial charge in [-0.3, -0.25) is 4.79 Å². The minimum Gasteiger partial charge on any atom is -0.351 e. The van der Waals surface area contributed by atoms with Crippen LogP contribution >= 0.6 is 15.9 Å². The smallest absolute Gasteiger partial charge is 0.241 e. The number of hydrogen-bond acceptors (Lipinski definition) is 4. The van der Waals surface area contributed by atoms with Crippen LogP contribution < -0.4 is 5.32 Å². The van der Waals surface area contributed by atoms with Crippen molar-refractivity contribution in [1.82, 2.24) is 14.6 Å². The van der Waals surface area contributed by atoms with Crippen molar-refractivity contribution >= 4 is 33.2 Å². The molecule has 136 valence electrons. The largest absolute Gasteiger partial charge is 0.351 e. The van der Waals surface area contributed by atoms with E-state index in [4.69, 9.17) is 5.10 Å². The lowest BCUT2D eigenvalue weighted by atomic mass is 9.86. The molecule has 0 amide bonds. The van der Waals surface area contributed by atoms with Crippen LogP contribution in [0.15, 0.2) is 16.7 Å². The molecule has 0 radical (unpaired) electrons. The number of fused-ring (bicyclic) bond motifs is 1. The van der Waals surface area contributed by atoms with Crippen LogP contribution in [0.3, 0.4) is 0 Å². The standard InChI is InChI=1S/C19H27BrN4O/c1-3-4-5-6-13(2)22-19-21-12-18-16(20)11-17(24(18)23-19)14-7-9-15(25)10-8-14/h11-14H,3-10H2,1-2H3,(H,22,23)/t13-/m0/s1. The third-order valence-electron chi connectivity index (χ3n) is 5.07. The number of aromatic nitrogens is 3. The highest BCUT2D eigenvalue weighted by Gasteiger charge is 2.24. The van der Waals surface area contributed by atoms with Crippen molar-refractivity contribution in [3.05, 3.63) is 22.4 Å². The minimum atomic E-state index is 0.360. The zero-order chi connectivity index (χ0) is 17.8. The molecule has 0 aliphatic heterocycles. The molecule has 2 aromatic rings. The van der Waals surface area contributed by atoms with Gasteiger partial charge in [0.05, 0.1) is 11.7 Å². The van der Waals surface area contributed by atoms with Gasteiger partial charge in [-0.2, -0.15) is 0 Å². The number of unbranched alkanes of at least 4 members (excludes halogenated alkanes) is 2. The van der Waals surface area contributed by atoms with E-state index in [1.54, 1.807) is 0 Å². The van der Waals surface area contributed by atoms with Crippen molar-refractivity contribution in [2.75, 3.05) is 5.32 Å². The fraction of sp³-hybridized carbons (Fsp3) is 0.632. The second kappa shape index (κ2) is 8.30. The van der Waals surface area contributed by atoms with Gasteiger partial charge in [0.2, 0.25) is 5.95 Å². The third-order valence-corrected chi connectivity index (χ3v) is 5.71. The van der Waals surface area contributed by atoms with Gasteiger partial charge in [0.25, 0.3) is 0 Å². The Hall–Kier alpha value is -1.43. The fourth-order valence-corrected chi connectivity index (χ4v) is 4.07. The highest BCUT2D eigenvalue weighted by Crippen LogP contribution is 2.34. The molecule has 2 heterocycles. The Kier molecular flexibility index (Phi) is 6.10. The summed E-state index contributed by atoms with van der Waals surface area (Å²) >= 11 is 3.63. The number of halogens is 1. The van der Waals surface area contributed by atoms with Crippen LogP contribution in [0, 0.1) is 0 Å². The first-order valence-corrected chi connectivity index (χ1v) is 10.2. The first-order valence-electron chi connectivity index (χ1n) is 9.41. The normalized spacial score (nSPS) is 17.2. The summed E-state index contributed by atoms with van der Waals surface area (Å²) in [7, 11) is 0. The van der Waals surface area contributed by atoms with Crippen LogP contribution in [0.1, 0.15) is 76.8 Å². The van der Waals surface area contributed by atoms with Crippen LogP contribution in [-0.4, -0.2) is 26.4 Å². The van der Waals surface area contributed by atoms with E-state index in [2.05, 4.69) is 46.1 Å². The summed E-state index contributed by atoms with van der Waals surface area (Å²) in [4.78, 5) is 16.0. The Labute approximate surface area is 157 Å². The topological polar surface area (TPSA) is 59.3 Å². The predicted octanol–water partition coefficient (Wildman–Crippen LogP) is 5.10. The Balaban J connectivity index is 1.78. The van der Waals surface area contributed by atoms with Gasteiger partial charge in [0.15, 0.2) is 0 Å². The molecule has 1 saturated carbocycles. The van der Waals surface area contributed by atoms with Gasteiger partial charge in [0.1, 0.15) is 5.78 Å². The average Bonchev–Trinajstić information content (AvgIpc) is 2.92. The van der Waals surface area contributed by atoms with Gasteiger partial charge in [-0.05, 0) is 48.2 Å². The molecule has 0 spiro atoms. The molecular formula is C19H27BrN4O. The number of Topliss-reactive ketones (excluding diaryl/α,β-unsaturated/α-hetero) is 1. The van der Waals surface area contributed by atoms with Gasteiger partial charge in [0, 0.05) is 35.0 Å². The van der Waals surface area contributed by atoms with Crippen molar-refractivity contribution in [2.24, 2.45) is 0 Å². The lowest BCUT2D eigenvalue weighted by Gasteiger charge is -2.20. The molecule has 0 bridgehead atoms. The van der Waals surface area contributed by atoms with Gasteiger partial charge in [-0.1, -0.05) is 26.2 Å². The highest BCUT2D eigenvalue weighted by molar-refractivity contribution is 9.10. The first-order chi connectivity index (χ1) is 12.1. The van der Waals surface area contributed by atoms with Crippen LogP contribution in [0.25, 0.3) is 5.52 Å². The SMILES string of the molecule is CCCCC[C@H](C)Nc1ncc2c(Br)cc(C3CCC(=O)CC3)n2n1. The molecule has 0 aromatic carbocycles. The van der Waals surface area contributed by atoms with Gasteiger partial charge in [-0.15, -0.1) is 5.10 Å². The van der Waals surface area contributed by atoms with E-state index >= 15 is 0 Å². The molecule has 2 aromatic heterocycles. The molecule has 0 saturated heterocycles. The molecule has 1 aliphatic rings. The Morgan fingerprint density at radius 3 is 2.84 bits per heavy atom. The van der Waals surface area contributed by atoms with E-state index in [1.165, 1.54) is 25.0 Å². The van der Waals surface area contributed by atoms with E-state index in [0.29, 0.717) is 36.5 Å². The molecule has 1 N–H and O–H groups in total. The quantitative estimate of drug-likeness (QED) is 0.649. The van der Waals surface area contributed by atoms with E-state index < -0.39 is 0 Å². The number of nitrogens with one attached hydrogen (secondary N) is 1. The zero-order valence-corrected chi connectivity index (χ0v) is 16.7. The molecule has 1 aliphatic carbocycles. The maximum atomic E-state index is 11.5. The number of nitrogens with zero attached hydrogens (tertiary/aromatic N) is 3. The first kappa shape index (κ1) is 18.4. The van der Waals surface area contributed by atoms with Crippen LogP contribution in [0.4, 0.5) is 5.95 Å². The fourth-order valence-electron chi connectivity index (χ4n) is 3.56. The van der Waals surface area contributed by atoms with Crippen LogP contribution in [-0.2, 0) is 4.79 Å². The molecule has 1 atom stereocenters. The minimum absolute atomic E-state index is 0.360. The van der Waals surface area contributed by atoms with E-state index in [9.17, 15) is 4.79 Å². The van der Waals surface area contributed by atoms with Crippen molar-refractivity contribution in [3.8, 4) is 0 Å². The summed E-state index contributed by atoms with van der Waals surface area (Å²) in [5.41, 5.74) is 2.16. The number of ketones is 1. The molecule has 6 heteroatoms. The zero-order valence-electron chi connectivity index (χ0n) is 15.1. The number of rotatable bonds is 7. The molecule has 3 rings (SSSR count). The Morgan fingerprint density at radius 2 is 2.12 bits per heavy atom. The summed E-state index contributed by atoms with van der Waals surface area (Å²) in [6.45, 7) is 4.40. The van der Waals surface area contributed by atoms with Crippen molar-refractivity contribution < 1.29 is 4.79 Å². The number of anilines is 1. The lowest BCUT2D eigenvalue weighted by molar-refractivity contribution is -0.120. The number of carbonyl (C=O) groups excluding carboxylic acids is 1. The van der Waals surface area contributed by atoms with Gasteiger partial charge in [-0.25, -0.2) is 9.50 Å². The maximum absolute atomic E-state index is 11.5. The van der Waals surface area contributed by atoms with E-state index in [1.807, 2.05) is 10.7 Å². The maximum Gasteiger partial charge on any atom is 0.241 e. The number of hydrogen-bond donors (Lipinski definition) is 1. The summed E-state index contributed by atoms with van der Waals surface area (Å²) < 4.78 is 3.01. The molecular weight excluding hydrogens is 380 g/mol. The Bertz CT molecular complexity index is 732. The van der Waals surface area contributed by atoms with Crippen molar-refractivity contribution in [1.29, 1.82) is 0 Å². The van der Waals surface area contributed by atoms with Crippen molar-refractivity contribution in [3.63, 3.8) is 0 Å². The second-order valence-electron chi connectivity index (χ2n) is 7.15. The predicted molar refractivity (Wildman–Crippen MR) is 104 cm³/mol. The monoisotopic (exact) mass is 406 g/mol. The third kappa shape index (κ3) is 4.40. The van der Waals surface area contributed by atoms with Crippen LogP contribution in [0.2, 0.25) is 0 Å². The molecule has 25 heavy (non-hydrogen) atoms. The number of carbonyl (C=O) groups is 1. The molecule has 0 unspecified atom stereocenters. The van der Waals surface area contributed by atoms with Crippen LogP contribution in [0.5, 0.6) is 0 Å². The summed E-state index contributed by atoms with van der Waals surface area (Å²) in [6, 6.07) is 2.50. The Morgan fingerprint density at radius 1 is 1.36 bits per heavy atom. The second-order valence-corrected chi connectivity index (χ2v) is 8.00. The highest BCUT2D eigenvalue weighted by atomic mass is 79.9. The molecule has 5 nitrogen and oxygen atoms in total. The summed E-state index contributed by atoms with van der Waals surface area (Å²) in [5, 5.41) is 8.16. The lowest BCUT2D eigenvalue weighted by Crippen LogP contribution is -2.19. The van der Waals surface area contributed by atoms with Gasteiger partial charge >= 0.3 is 0 Å². The molecule has 1 fully saturated rings. The van der Waals surface area contributed by atoms with E-state index in [0.717, 1.165) is 29.3 Å². The van der Waals surface area contributed by atoms with E-state index in [-0.39, 0.29) is 0 Å². The van der Waals surface area contributed by atoms with Gasteiger partial charge < -0.3 is 5.32 Å². The summed E-state index contributed by atoms with van der Waals surface area (Å²) in [5.74, 6) is 1.45. The summed E-state index contributed by atoms with van der Waals surface area (Å²) in [6.07, 6.45) is 9.91. The van der Waals surface area contributed by atoms with Crippen molar-refractivity contribution in [2.45, 2.75) is 77.2 Å².